The van der Waals surface area contributed by atoms with Crippen LogP contribution in [0, 0.1) is 11.3 Å². The summed E-state index contributed by atoms with van der Waals surface area (Å²) < 4.78 is 0. The lowest BCUT2D eigenvalue weighted by molar-refractivity contribution is 1.11. The third-order valence-corrected chi connectivity index (χ3v) is 1.39. The Bertz CT molecular complexity index is 297. The Morgan fingerprint density at radius 2 is 2.55 bits per heavy atom. The smallest absolute Gasteiger partial charge is 0.0780 e. The zero-order valence-electron chi connectivity index (χ0n) is 6.12. The van der Waals surface area contributed by atoms with Crippen molar-refractivity contribution in [3.63, 3.8) is 0 Å². The van der Waals surface area contributed by atoms with Gasteiger partial charge in [-0.15, -0.1) is 0 Å². The Morgan fingerprint density at radius 1 is 1.73 bits per heavy atom. The van der Waals surface area contributed by atoms with E-state index in [0.717, 1.165) is 11.3 Å². The lowest BCUT2D eigenvalue weighted by Gasteiger charge is -1.97. The molecule has 2 heteroatoms. The normalized spacial score (nSPS) is 8.64. The first-order valence-corrected chi connectivity index (χ1v) is 3.31. The molecule has 0 spiro atoms. The third-order valence-electron chi connectivity index (χ3n) is 1.39. The number of aromatic nitrogens is 1. The molecule has 0 aromatic carbocycles. The molecule has 0 aliphatic rings. The quantitative estimate of drug-likeness (QED) is 0.634. The molecular weight excluding hydrogens is 136 g/mol. The van der Waals surface area contributed by atoms with Crippen LogP contribution in [0.4, 0.5) is 0 Å². The summed E-state index contributed by atoms with van der Waals surface area (Å²) >= 11 is 0. The summed E-state index contributed by atoms with van der Waals surface area (Å²) in [7, 11) is 0. The van der Waals surface area contributed by atoms with Gasteiger partial charge in [0, 0.05) is 6.20 Å². The van der Waals surface area contributed by atoms with Gasteiger partial charge in [-0.25, -0.2) is 0 Å². The van der Waals surface area contributed by atoms with E-state index in [0.29, 0.717) is 6.42 Å². The Hall–Kier alpha value is -1.62. The Labute approximate surface area is 65.8 Å². The zero-order chi connectivity index (χ0) is 8.10. The molecule has 0 bridgehead atoms. The highest BCUT2D eigenvalue weighted by atomic mass is 14.7. The molecule has 1 heterocycles. The second-order valence-electron chi connectivity index (χ2n) is 2.08. The van der Waals surface area contributed by atoms with Gasteiger partial charge < -0.3 is 0 Å². The number of hydrogen-bond donors (Lipinski definition) is 0. The first-order chi connectivity index (χ1) is 5.38. The molecule has 0 N–H and O–H groups in total. The molecule has 0 amide bonds. The van der Waals surface area contributed by atoms with Gasteiger partial charge in [0.2, 0.25) is 0 Å². The van der Waals surface area contributed by atoms with E-state index in [1.54, 1.807) is 12.3 Å². The van der Waals surface area contributed by atoms with Crippen LogP contribution < -0.4 is 0 Å². The van der Waals surface area contributed by atoms with Crippen LogP contribution in [0.1, 0.15) is 11.3 Å². The largest absolute Gasteiger partial charge is 0.260 e. The van der Waals surface area contributed by atoms with Crippen LogP contribution in [0.2, 0.25) is 0 Å². The molecule has 2 nitrogen and oxygen atoms in total. The SMILES string of the molecule is C=Cc1cccnc1CC#N. The highest BCUT2D eigenvalue weighted by molar-refractivity contribution is 5.49. The minimum absolute atomic E-state index is 0.349. The number of hydrogen-bond acceptors (Lipinski definition) is 2. The maximum absolute atomic E-state index is 8.42. The Kier molecular flexibility index (Phi) is 2.40. The van der Waals surface area contributed by atoms with Crippen LogP contribution in [0.15, 0.2) is 24.9 Å². The number of nitriles is 1. The summed E-state index contributed by atoms with van der Waals surface area (Å²) in [5.41, 5.74) is 1.74. The summed E-state index contributed by atoms with van der Waals surface area (Å²) in [4.78, 5) is 4.05. The molecule has 1 aromatic heterocycles. The number of nitrogens with zero attached hydrogens (tertiary/aromatic N) is 2. The van der Waals surface area contributed by atoms with Crippen LogP contribution in [-0.4, -0.2) is 4.98 Å². The van der Waals surface area contributed by atoms with Crippen LogP contribution >= 0.6 is 0 Å². The lowest BCUT2D eigenvalue weighted by atomic mass is 10.1. The van der Waals surface area contributed by atoms with E-state index in [1.165, 1.54) is 0 Å². The highest BCUT2D eigenvalue weighted by Gasteiger charge is 1.96. The van der Waals surface area contributed by atoms with Crippen LogP contribution in [0.25, 0.3) is 6.08 Å². The van der Waals surface area contributed by atoms with Gasteiger partial charge >= 0.3 is 0 Å². The van der Waals surface area contributed by atoms with E-state index >= 15 is 0 Å². The van der Waals surface area contributed by atoms with Crippen molar-refractivity contribution in [3.05, 3.63) is 36.2 Å². The molecule has 0 saturated carbocycles. The molecule has 54 valence electrons. The molecule has 0 radical (unpaired) electrons. The molecule has 0 saturated heterocycles. The number of rotatable bonds is 2. The van der Waals surface area contributed by atoms with E-state index in [9.17, 15) is 0 Å². The van der Waals surface area contributed by atoms with Crippen LogP contribution in [-0.2, 0) is 6.42 Å². The molecule has 0 aliphatic carbocycles. The predicted molar refractivity (Wildman–Crippen MR) is 43.6 cm³/mol. The summed E-state index contributed by atoms with van der Waals surface area (Å²) in [5, 5.41) is 8.42. The van der Waals surface area contributed by atoms with Crippen LogP contribution in [0.3, 0.4) is 0 Å². The molecule has 0 unspecified atom stereocenters. The van der Waals surface area contributed by atoms with Crippen molar-refractivity contribution in [1.29, 1.82) is 5.26 Å². The van der Waals surface area contributed by atoms with Gasteiger partial charge in [0.25, 0.3) is 0 Å². The van der Waals surface area contributed by atoms with Crippen molar-refractivity contribution in [3.8, 4) is 6.07 Å². The van der Waals surface area contributed by atoms with Crippen molar-refractivity contribution in [2.24, 2.45) is 0 Å². The van der Waals surface area contributed by atoms with Crippen molar-refractivity contribution in [2.45, 2.75) is 6.42 Å². The zero-order valence-corrected chi connectivity index (χ0v) is 6.12. The van der Waals surface area contributed by atoms with Gasteiger partial charge in [0.05, 0.1) is 18.2 Å². The predicted octanol–water partition coefficient (Wildman–Crippen LogP) is 1.79. The van der Waals surface area contributed by atoms with Gasteiger partial charge in [-0.05, 0) is 11.6 Å². The van der Waals surface area contributed by atoms with Gasteiger partial charge in [-0.2, -0.15) is 5.26 Å². The fourth-order valence-electron chi connectivity index (χ4n) is 0.859. The topological polar surface area (TPSA) is 36.7 Å². The average molecular weight is 144 g/mol. The minimum atomic E-state index is 0.349. The molecule has 0 atom stereocenters. The molecule has 11 heavy (non-hydrogen) atoms. The minimum Gasteiger partial charge on any atom is -0.260 e. The van der Waals surface area contributed by atoms with E-state index in [1.807, 2.05) is 18.2 Å². The van der Waals surface area contributed by atoms with Gasteiger partial charge in [-0.1, -0.05) is 18.7 Å². The second-order valence-corrected chi connectivity index (χ2v) is 2.08. The summed E-state index contributed by atoms with van der Waals surface area (Å²) in [6.45, 7) is 3.62. The first-order valence-electron chi connectivity index (χ1n) is 3.31. The monoisotopic (exact) mass is 144 g/mol. The lowest BCUT2D eigenvalue weighted by Crippen LogP contribution is -1.90. The van der Waals surface area contributed by atoms with Crippen molar-refractivity contribution in [1.82, 2.24) is 4.98 Å². The molecule has 0 fully saturated rings. The summed E-state index contributed by atoms with van der Waals surface area (Å²) in [5.74, 6) is 0. The fraction of sp³-hybridized carbons (Fsp3) is 0.111. The van der Waals surface area contributed by atoms with Gasteiger partial charge in [0.1, 0.15) is 0 Å². The molecular formula is C9H8N2. The summed E-state index contributed by atoms with van der Waals surface area (Å²) in [6, 6.07) is 5.78. The maximum Gasteiger partial charge on any atom is 0.0780 e. The van der Waals surface area contributed by atoms with Gasteiger partial charge in [0.15, 0.2) is 0 Å². The second kappa shape index (κ2) is 3.52. The Morgan fingerprint density at radius 3 is 3.18 bits per heavy atom. The van der Waals surface area contributed by atoms with Crippen molar-refractivity contribution < 1.29 is 0 Å². The fourth-order valence-corrected chi connectivity index (χ4v) is 0.859. The van der Waals surface area contributed by atoms with E-state index in [2.05, 4.69) is 11.6 Å². The van der Waals surface area contributed by atoms with E-state index < -0.39 is 0 Å². The van der Waals surface area contributed by atoms with Crippen molar-refractivity contribution in [2.75, 3.05) is 0 Å². The molecule has 1 rings (SSSR count). The maximum atomic E-state index is 8.42. The Balaban J connectivity index is 3.04. The third kappa shape index (κ3) is 1.65. The van der Waals surface area contributed by atoms with Crippen molar-refractivity contribution >= 4 is 6.08 Å². The highest BCUT2D eigenvalue weighted by Crippen LogP contribution is 2.06. The first kappa shape index (κ1) is 7.49. The average Bonchev–Trinajstić information content (AvgIpc) is 2.06. The molecule has 0 aliphatic heterocycles. The molecule has 1 aromatic rings. The van der Waals surface area contributed by atoms with Gasteiger partial charge in [-0.3, -0.25) is 4.98 Å². The standard InChI is InChI=1S/C9H8N2/c1-2-8-4-3-7-11-9(8)5-6-10/h2-4,7H,1,5H2. The number of pyridine rings is 1. The van der Waals surface area contributed by atoms with E-state index in [-0.39, 0.29) is 0 Å². The van der Waals surface area contributed by atoms with E-state index in [4.69, 9.17) is 5.26 Å². The summed E-state index contributed by atoms with van der Waals surface area (Å²) in [6.07, 6.45) is 3.74. The van der Waals surface area contributed by atoms with Crippen LogP contribution in [0.5, 0.6) is 0 Å².